The number of carbonyl (C=O) groups is 2. The van der Waals surface area contributed by atoms with E-state index >= 15 is 0 Å². The summed E-state index contributed by atoms with van der Waals surface area (Å²) in [6.45, 7) is 8.71. The van der Waals surface area contributed by atoms with E-state index in [1.807, 2.05) is 0 Å². The van der Waals surface area contributed by atoms with E-state index in [0.717, 1.165) is 32.1 Å². The Kier molecular flexibility index (Phi) is 13.5. The smallest absolute Gasteiger partial charge is 0.335 e. The van der Waals surface area contributed by atoms with Crippen molar-refractivity contribution < 1.29 is 34.0 Å². The molecule has 0 amide bonds. The van der Waals surface area contributed by atoms with Gasteiger partial charge in [-0.05, 0) is 55.6 Å². The van der Waals surface area contributed by atoms with Crippen LogP contribution in [0.15, 0.2) is 48.6 Å². The van der Waals surface area contributed by atoms with Crippen LogP contribution in [0, 0.1) is 11.8 Å². The van der Waals surface area contributed by atoms with Crippen LogP contribution in [0.25, 0.3) is 0 Å². The summed E-state index contributed by atoms with van der Waals surface area (Å²) in [6.07, 6.45) is 8.39. The number of carbonyl (C=O) groups excluding carboxylic acids is 2. The molecule has 1 aromatic carbocycles. The van der Waals surface area contributed by atoms with Crippen molar-refractivity contribution >= 4 is 11.9 Å². The minimum Gasteiger partial charge on any atom is -0.462 e. The summed E-state index contributed by atoms with van der Waals surface area (Å²) in [5, 5.41) is 18.1. The molecule has 7 nitrogen and oxygen atoms in total. The summed E-state index contributed by atoms with van der Waals surface area (Å²) in [5.74, 6) is -1.34. The van der Waals surface area contributed by atoms with Crippen molar-refractivity contribution in [3.8, 4) is 0 Å². The Hall–Kier alpha value is -2.48. The van der Waals surface area contributed by atoms with Gasteiger partial charge in [-0.2, -0.15) is 0 Å². The van der Waals surface area contributed by atoms with Crippen LogP contribution >= 0.6 is 0 Å². The van der Waals surface area contributed by atoms with Gasteiger partial charge in [-0.1, -0.05) is 57.2 Å². The maximum atomic E-state index is 11.9. The molecule has 1 heterocycles. The average molecular weight is 503 g/mol. The van der Waals surface area contributed by atoms with E-state index in [-0.39, 0.29) is 36.4 Å². The Labute approximate surface area is 215 Å². The van der Waals surface area contributed by atoms with Crippen molar-refractivity contribution in [1.82, 2.24) is 0 Å². The molecule has 0 saturated carbocycles. The van der Waals surface area contributed by atoms with Gasteiger partial charge in [0.05, 0.1) is 36.4 Å². The molecular formula is C29H42O7. The van der Waals surface area contributed by atoms with Gasteiger partial charge in [-0.3, -0.25) is 0 Å². The molecule has 1 fully saturated rings. The van der Waals surface area contributed by atoms with Crippen LogP contribution in [0.1, 0.15) is 56.6 Å². The molecule has 2 atom stereocenters. The molecule has 0 radical (unpaired) electrons. The van der Waals surface area contributed by atoms with Gasteiger partial charge in [-0.25, -0.2) is 9.59 Å². The zero-order valence-corrected chi connectivity index (χ0v) is 21.6. The van der Waals surface area contributed by atoms with Crippen molar-refractivity contribution in [2.24, 2.45) is 11.8 Å². The number of unbranched alkanes of at least 4 members (excludes halogenated alkanes) is 2. The fourth-order valence-electron chi connectivity index (χ4n) is 4.21. The molecular weight excluding hydrogens is 460 g/mol. The highest BCUT2D eigenvalue weighted by Gasteiger charge is 2.31. The number of hydrogen-bond acceptors (Lipinski definition) is 7. The summed E-state index contributed by atoms with van der Waals surface area (Å²) in [7, 11) is 0. The Balaban J connectivity index is 1.83. The molecule has 2 N–H and O–H groups in total. The largest absolute Gasteiger partial charge is 0.462 e. The van der Waals surface area contributed by atoms with Crippen molar-refractivity contribution in [3.63, 3.8) is 0 Å². The second-order valence-corrected chi connectivity index (χ2v) is 9.61. The molecule has 0 aromatic heterocycles. The van der Waals surface area contributed by atoms with E-state index in [4.69, 9.17) is 24.4 Å². The van der Waals surface area contributed by atoms with E-state index in [9.17, 15) is 9.59 Å². The quantitative estimate of drug-likeness (QED) is 0.200. The van der Waals surface area contributed by atoms with Gasteiger partial charge in [0, 0.05) is 6.61 Å². The van der Waals surface area contributed by atoms with Gasteiger partial charge in [0.1, 0.15) is 13.2 Å². The van der Waals surface area contributed by atoms with Crippen LogP contribution in [0.3, 0.4) is 0 Å². The molecule has 200 valence electrons. The highest BCUT2D eigenvalue weighted by molar-refractivity contribution is 5.88. The highest BCUT2D eigenvalue weighted by Crippen LogP contribution is 2.28. The van der Waals surface area contributed by atoms with Crippen molar-refractivity contribution in [2.75, 3.05) is 33.0 Å². The molecule has 0 spiro atoms. The van der Waals surface area contributed by atoms with Gasteiger partial charge in [0.15, 0.2) is 0 Å². The standard InChI is InChI=1S/C29H42O7/c1-4-5-6-7-23-8-10-24(11-9-23)12-13-25-14-15-27(34-18-25)26(19-35-28(32)21(2)16-30)20-36-29(33)22(3)17-31/h8-11,25-27,30-31H,2-7,12-20H2,1H3. The number of benzene rings is 1. The molecule has 36 heavy (non-hydrogen) atoms. The fraction of sp³-hybridized carbons (Fsp3) is 0.586. The maximum absolute atomic E-state index is 11.9. The summed E-state index contributed by atoms with van der Waals surface area (Å²) in [5.41, 5.74) is 2.64. The Morgan fingerprint density at radius 1 is 0.944 bits per heavy atom. The van der Waals surface area contributed by atoms with E-state index in [2.05, 4.69) is 44.3 Å². The lowest BCUT2D eigenvalue weighted by Gasteiger charge is -2.34. The lowest BCUT2D eigenvalue weighted by molar-refractivity contribution is -0.151. The monoisotopic (exact) mass is 502 g/mol. The predicted molar refractivity (Wildman–Crippen MR) is 138 cm³/mol. The number of aryl methyl sites for hydroxylation is 2. The molecule has 0 bridgehead atoms. The van der Waals surface area contributed by atoms with Gasteiger partial charge >= 0.3 is 11.9 Å². The first-order valence-corrected chi connectivity index (χ1v) is 13.0. The zero-order valence-electron chi connectivity index (χ0n) is 21.6. The van der Waals surface area contributed by atoms with Crippen molar-refractivity contribution in [3.05, 3.63) is 59.7 Å². The maximum Gasteiger partial charge on any atom is 0.335 e. The Morgan fingerprint density at radius 3 is 1.97 bits per heavy atom. The van der Waals surface area contributed by atoms with E-state index < -0.39 is 25.2 Å². The summed E-state index contributed by atoms with van der Waals surface area (Å²) in [4.78, 5) is 23.9. The number of aliphatic hydroxyl groups is 2. The van der Waals surface area contributed by atoms with E-state index in [1.54, 1.807) is 0 Å². The summed E-state index contributed by atoms with van der Waals surface area (Å²) in [6, 6.07) is 8.94. The lowest BCUT2D eigenvalue weighted by Crippen LogP contribution is -2.38. The number of esters is 2. The first-order chi connectivity index (χ1) is 17.4. The number of ether oxygens (including phenoxy) is 3. The third-order valence-corrected chi connectivity index (χ3v) is 6.68. The molecule has 2 rings (SSSR count). The third-order valence-electron chi connectivity index (χ3n) is 6.68. The van der Waals surface area contributed by atoms with Gasteiger partial charge < -0.3 is 24.4 Å². The van der Waals surface area contributed by atoms with E-state index in [1.165, 1.54) is 30.4 Å². The predicted octanol–water partition coefficient (Wildman–Crippen LogP) is 3.95. The van der Waals surface area contributed by atoms with Gasteiger partial charge in [0.25, 0.3) is 0 Å². The highest BCUT2D eigenvalue weighted by atomic mass is 16.6. The summed E-state index contributed by atoms with van der Waals surface area (Å²) >= 11 is 0. The normalized spacial score (nSPS) is 17.6. The van der Waals surface area contributed by atoms with Crippen LogP contribution < -0.4 is 0 Å². The minimum absolute atomic E-state index is 0.0311. The second kappa shape index (κ2) is 16.3. The molecule has 1 aliphatic heterocycles. The summed E-state index contributed by atoms with van der Waals surface area (Å²) < 4.78 is 16.6. The fourth-order valence-corrected chi connectivity index (χ4v) is 4.21. The Morgan fingerprint density at radius 2 is 1.50 bits per heavy atom. The molecule has 1 aliphatic rings. The van der Waals surface area contributed by atoms with Crippen LogP contribution in [0.2, 0.25) is 0 Å². The zero-order chi connectivity index (χ0) is 26.3. The first-order valence-electron chi connectivity index (χ1n) is 13.0. The number of hydrogen-bond donors (Lipinski definition) is 2. The molecule has 1 saturated heterocycles. The average Bonchev–Trinajstić information content (AvgIpc) is 2.91. The molecule has 2 unspecified atom stereocenters. The lowest BCUT2D eigenvalue weighted by atomic mass is 9.88. The Bertz CT molecular complexity index is 806. The van der Waals surface area contributed by atoms with Crippen LogP contribution in [0.4, 0.5) is 0 Å². The van der Waals surface area contributed by atoms with E-state index in [0.29, 0.717) is 12.5 Å². The molecule has 7 heteroatoms. The van der Waals surface area contributed by atoms with Crippen LogP contribution in [0.5, 0.6) is 0 Å². The first kappa shape index (κ1) is 29.7. The number of rotatable bonds is 16. The second-order valence-electron chi connectivity index (χ2n) is 9.61. The van der Waals surface area contributed by atoms with Gasteiger partial charge in [-0.15, -0.1) is 0 Å². The SMILES string of the molecule is C=C(CO)C(=O)OCC(COC(=O)C(=C)CO)C1CCC(CCc2ccc(CCCCC)cc2)CO1. The van der Waals surface area contributed by atoms with Gasteiger partial charge in [0.2, 0.25) is 0 Å². The third kappa shape index (κ3) is 10.2. The van der Waals surface area contributed by atoms with Crippen molar-refractivity contribution in [2.45, 2.75) is 64.4 Å². The van der Waals surface area contributed by atoms with Crippen molar-refractivity contribution in [1.29, 1.82) is 0 Å². The minimum atomic E-state index is -0.696. The topological polar surface area (TPSA) is 102 Å². The molecule has 1 aromatic rings. The molecule has 0 aliphatic carbocycles. The van der Waals surface area contributed by atoms with Crippen LogP contribution in [-0.2, 0) is 36.6 Å². The number of aliphatic hydroxyl groups excluding tert-OH is 2. The van der Waals surface area contributed by atoms with Crippen LogP contribution in [-0.4, -0.2) is 61.3 Å².